The Morgan fingerprint density at radius 1 is 1.19 bits per heavy atom. The summed E-state index contributed by atoms with van der Waals surface area (Å²) in [6.45, 7) is 0. The number of hydrogen-bond acceptors (Lipinski definition) is 2. The molecule has 0 saturated heterocycles. The van der Waals surface area contributed by atoms with E-state index in [0.29, 0.717) is 0 Å². The summed E-state index contributed by atoms with van der Waals surface area (Å²) in [4.78, 5) is 0. The molecule has 16 heavy (non-hydrogen) atoms. The van der Waals surface area contributed by atoms with Crippen LogP contribution in [0.1, 0.15) is 11.6 Å². The Hall–Kier alpha value is 0.210. The number of halogens is 6. The molecule has 0 heterocycles. The predicted octanol–water partition coefficient (Wildman–Crippen LogP) is 4.24. The van der Waals surface area contributed by atoms with Crippen LogP contribution in [0.5, 0.6) is 5.75 Å². The molecule has 0 saturated carbocycles. The molecule has 0 aromatic heterocycles. The molecule has 0 spiro atoms. The monoisotopic (exact) mass is 425 g/mol. The number of hydrogen-bond donors (Lipinski definition) is 2. The van der Waals surface area contributed by atoms with Gasteiger partial charge in [0.1, 0.15) is 11.8 Å². The Morgan fingerprint density at radius 3 is 2.12 bits per heavy atom. The molecule has 0 radical (unpaired) electrons. The number of aromatic hydroxyl groups is 1. The molecule has 90 valence electrons. The lowest BCUT2D eigenvalue weighted by atomic mass is 10.1. The number of rotatable bonds is 1. The Labute approximate surface area is 114 Å². The van der Waals surface area contributed by atoms with E-state index in [1.807, 2.05) is 0 Å². The fourth-order valence-corrected chi connectivity index (χ4v) is 3.66. The molecule has 0 fully saturated rings. The molecule has 0 aliphatic carbocycles. The van der Waals surface area contributed by atoms with E-state index >= 15 is 0 Å². The highest BCUT2D eigenvalue weighted by atomic mass is 79.9. The summed E-state index contributed by atoms with van der Waals surface area (Å²) in [5.41, 5.74) is 4.84. The molecule has 3 N–H and O–H groups in total. The van der Waals surface area contributed by atoms with Crippen LogP contribution in [0.2, 0.25) is 0 Å². The Morgan fingerprint density at radius 2 is 1.69 bits per heavy atom. The summed E-state index contributed by atoms with van der Waals surface area (Å²) < 4.78 is 37.7. The predicted molar refractivity (Wildman–Crippen MR) is 64.2 cm³/mol. The molecular weight excluding hydrogens is 423 g/mol. The summed E-state index contributed by atoms with van der Waals surface area (Å²) in [6, 6.07) is -0.864. The van der Waals surface area contributed by atoms with Gasteiger partial charge in [-0.1, -0.05) is 15.9 Å². The summed E-state index contributed by atoms with van der Waals surface area (Å²) >= 11 is 8.86. The minimum Gasteiger partial charge on any atom is -0.506 e. The lowest BCUT2D eigenvalue weighted by molar-refractivity contribution is -0.149. The van der Waals surface area contributed by atoms with E-state index in [0.717, 1.165) is 0 Å². The zero-order chi connectivity index (χ0) is 12.7. The van der Waals surface area contributed by atoms with E-state index in [4.69, 9.17) is 5.73 Å². The third kappa shape index (κ3) is 2.72. The molecule has 1 aromatic rings. The fourth-order valence-electron chi connectivity index (χ4n) is 1.04. The Balaban J connectivity index is 3.40. The van der Waals surface area contributed by atoms with Crippen LogP contribution in [-0.4, -0.2) is 11.3 Å². The number of phenolic OH excluding ortho intramolecular Hbond substituents is 1. The average Bonchev–Trinajstić information content (AvgIpc) is 2.13. The zero-order valence-electron chi connectivity index (χ0n) is 7.45. The van der Waals surface area contributed by atoms with Crippen molar-refractivity contribution in [1.82, 2.24) is 0 Å². The normalized spacial score (nSPS) is 13.9. The first kappa shape index (κ1) is 14.3. The molecule has 2 nitrogen and oxygen atoms in total. The van der Waals surface area contributed by atoms with Gasteiger partial charge >= 0.3 is 6.18 Å². The van der Waals surface area contributed by atoms with Crippen LogP contribution in [0, 0.1) is 0 Å². The van der Waals surface area contributed by atoms with Crippen LogP contribution in [0.15, 0.2) is 19.5 Å². The SMILES string of the molecule is N[C@@H](c1c(Br)cc(Br)c(O)c1Br)C(F)(F)F. The van der Waals surface area contributed by atoms with E-state index in [-0.39, 0.29) is 24.7 Å². The van der Waals surface area contributed by atoms with Gasteiger partial charge in [-0.05, 0) is 37.9 Å². The second-order valence-corrected chi connectivity index (χ2v) is 5.44. The van der Waals surface area contributed by atoms with Crippen molar-refractivity contribution in [3.8, 4) is 5.75 Å². The first-order chi connectivity index (χ1) is 7.16. The zero-order valence-corrected chi connectivity index (χ0v) is 12.2. The molecule has 1 atom stereocenters. The van der Waals surface area contributed by atoms with Gasteiger partial charge in [-0.25, -0.2) is 0 Å². The van der Waals surface area contributed by atoms with Crippen molar-refractivity contribution in [2.45, 2.75) is 12.2 Å². The van der Waals surface area contributed by atoms with Gasteiger partial charge in [-0.3, -0.25) is 0 Å². The van der Waals surface area contributed by atoms with Crippen molar-refractivity contribution in [3.05, 3.63) is 25.0 Å². The molecule has 0 aliphatic heterocycles. The number of nitrogens with two attached hydrogens (primary N) is 1. The molecule has 1 aromatic carbocycles. The van der Waals surface area contributed by atoms with Gasteiger partial charge in [-0.15, -0.1) is 0 Å². The highest BCUT2D eigenvalue weighted by molar-refractivity contribution is 9.11. The maximum atomic E-state index is 12.5. The molecule has 0 bridgehead atoms. The first-order valence-electron chi connectivity index (χ1n) is 3.85. The van der Waals surface area contributed by atoms with Crippen LogP contribution in [0.25, 0.3) is 0 Å². The molecule has 8 heteroatoms. The van der Waals surface area contributed by atoms with E-state index in [1.54, 1.807) is 0 Å². The number of phenols is 1. The second-order valence-electron chi connectivity index (χ2n) is 2.94. The van der Waals surface area contributed by atoms with E-state index in [1.165, 1.54) is 6.07 Å². The summed E-state index contributed by atoms with van der Waals surface area (Å²) in [5.74, 6) is -0.321. The van der Waals surface area contributed by atoms with Crippen molar-refractivity contribution in [1.29, 1.82) is 0 Å². The van der Waals surface area contributed by atoms with E-state index in [2.05, 4.69) is 47.8 Å². The van der Waals surface area contributed by atoms with Crippen LogP contribution in [-0.2, 0) is 0 Å². The quantitative estimate of drug-likeness (QED) is 0.704. The smallest absolute Gasteiger partial charge is 0.407 e. The van der Waals surface area contributed by atoms with Crippen LogP contribution < -0.4 is 5.73 Å². The minimum absolute atomic E-state index is 0.0847. The Kier molecular flexibility index (Phi) is 4.31. The molecule has 0 amide bonds. The van der Waals surface area contributed by atoms with Gasteiger partial charge in [0.05, 0.1) is 8.95 Å². The van der Waals surface area contributed by atoms with Crippen molar-refractivity contribution in [2.24, 2.45) is 5.73 Å². The van der Waals surface area contributed by atoms with Gasteiger partial charge in [0.15, 0.2) is 0 Å². The number of benzene rings is 1. The van der Waals surface area contributed by atoms with Crippen molar-refractivity contribution in [3.63, 3.8) is 0 Å². The van der Waals surface area contributed by atoms with Gasteiger partial charge in [0.25, 0.3) is 0 Å². The summed E-state index contributed by atoms with van der Waals surface area (Å²) in [7, 11) is 0. The standard InChI is InChI=1S/C8H5Br3F3NO/c9-2-1-3(10)6(16)5(11)4(2)7(15)8(12,13)14/h1,7,16H,15H2/t7-/m0/s1. The molecule has 0 unspecified atom stereocenters. The second kappa shape index (κ2) is 4.83. The largest absolute Gasteiger partial charge is 0.506 e. The van der Waals surface area contributed by atoms with E-state index in [9.17, 15) is 18.3 Å². The highest BCUT2D eigenvalue weighted by Crippen LogP contribution is 2.45. The van der Waals surface area contributed by atoms with Crippen LogP contribution >= 0.6 is 47.8 Å². The summed E-state index contributed by atoms with van der Waals surface area (Å²) in [5, 5.41) is 9.49. The maximum absolute atomic E-state index is 12.5. The molecule has 1 rings (SSSR count). The third-order valence-corrected chi connectivity index (χ3v) is 3.91. The van der Waals surface area contributed by atoms with Crippen molar-refractivity contribution in [2.75, 3.05) is 0 Å². The van der Waals surface area contributed by atoms with Gasteiger partial charge < -0.3 is 10.8 Å². The van der Waals surface area contributed by atoms with Gasteiger partial charge in [0, 0.05) is 10.0 Å². The number of alkyl halides is 3. The van der Waals surface area contributed by atoms with Crippen LogP contribution in [0.4, 0.5) is 13.2 Å². The van der Waals surface area contributed by atoms with E-state index < -0.39 is 12.2 Å². The summed E-state index contributed by atoms with van der Waals surface area (Å²) in [6.07, 6.45) is -4.58. The maximum Gasteiger partial charge on any atom is 0.407 e. The minimum atomic E-state index is -4.58. The lowest BCUT2D eigenvalue weighted by Crippen LogP contribution is -2.29. The lowest BCUT2D eigenvalue weighted by Gasteiger charge is -2.19. The first-order valence-corrected chi connectivity index (χ1v) is 6.22. The highest BCUT2D eigenvalue weighted by Gasteiger charge is 2.40. The third-order valence-electron chi connectivity index (χ3n) is 1.84. The average molecular weight is 428 g/mol. The van der Waals surface area contributed by atoms with Crippen molar-refractivity contribution >= 4 is 47.8 Å². The fraction of sp³-hybridized carbons (Fsp3) is 0.250. The van der Waals surface area contributed by atoms with Crippen molar-refractivity contribution < 1.29 is 18.3 Å². The van der Waals surface area contributed by atoms with Crippen LogP contribution in [0.3, 0.4) is 0 Å². The molecule has 0 aliphatic rings. The Bertz CT molecular complexity index is 422. The van der Waals surface area contributed by atoms with Gasteiger partial charge in [0.2, 0.25) is 0 Å². The topological polar surface area (TPSA) is 46.2 Å². The molecular formula is C8H5Br3F3NO. The van der Waals surface area contributed by atoms with Gasteiger partial charge in [-0.2, -0.15) is 13.2 Å².